The summed E-state index contributed by atoms with van der Waals surface area (Å²) in [6, 6.07) is 20.0. The molecule has 2 aromatic rings. The van der Waals surface area contributed by atoms with Gasteiger partial charge in [-0.15, -0.1) is 0 Å². The summed E-state index contributed by atoms with van der Waals surface area (Å²) in [5, 5.41) is 0. The van der Waals surface area contributed by atoms with Crippen LogP contribution in [0.2, 0.25) is 0 Å². The molecule has 1 aliphatic carbocycles. The van der Waals surface area contributed by atoms with Crippen molar-refractivity contribution in [3.8, 4) is 11.1 Å². The van der Waals surface area contributed by atoms with Gasteiger partial charge in [0.2, 0.25) is 0 Å². The van der Waals surface area contributed by atoms with E-state index >= 15 is 0 Å². The lowest BCUT2D eigenvalue weighted by atomic mass is 9.65. The van der Waals surface area contributed by atoms with Crippen molar-refractivity contribution in [2.75, 3.05) is 0 Å². The summed E-state index contributed by atoms with van der Waals surface area (Å²) in [4.78, 5) is 0. The van der Waals surface area contributed by atoms with E-state index in [2.05, 4.69) is 61.5 Å². The predicted octanol–water partition coefficient (Wildman–Crippen LogP) is 4.19. The Kier molecular flexibility index (Phi) is 3.39. The standard InChI is InChI=1S/C18H21N/c1-2-16-17(12-18(16)19)15-10-8-14(9-11-15)13-6-4-3-5-7-13/h3-11,16-18H,2,12,19H2,1H3. The van der Waals surface area contributed by atoms with Crippen molar-refractivity contribution in [2.24, 2.45) is 11.7 Å². The SMILES string of the molecule is CCC1C(N)CC1c1ccc(-c2ccccc2)cc1. The Balaban J connectivity index is 1.80. The highest BCUT2D eigenvalue weighted by molar-refractivity contribution is 5.63. The first-order chi connectivity index (χ1) is 9.29. The maximum atomic E-state index is 6.08. The van der Waals surface area contributed by atoms with Gasteiger partial charge in [0, 0.05) is 6.04 Å². The normalized spacial score (nSPS) is 25.9. The third kappa shape index (κ3) is 2.31. The molecule has 1 fully saturated rings. The Morgan fingerprint density at radius 1 is 0.947 bits per heavy atom. The molecule has 19 heavy (non-hydrogen) atoms. The fourth-order valence-electron chi connectivity index (χ4n) is 3.27. The number of nitrogens with two attached hydrogens (primary N) is 1. The molecule has 1 heteroatoms. The molecule has 3 rings (SSSR count). The number of rotatable bonds is 3. The van der Waals surface area contributed by atoms with Gasteiger partial charge in [0.25, 0.3) is 0 Å². The maximum absolute atomic E-state index is 6.08. The summed E-state index contributed by atoms with van der Waals surface area (Å²) in [7, 11) is 0. The molecule has 0 heterocycles. The zero-order valence-electron chi connectivity index (χ0n) is 11.4. The first kappa shape index (κ1) is 12.4. The average Bonchev–Trinajstić information content (AvgIpc) is 2.46. The van der Waals surface area contributed by atoms with Crippen LogP contribution in [0.3, 0.4) is 0 Å². The zero-order chi connectivity index (χ0) is 13.2. The molecule has 3 atom stereocenters. The van der Waals surface area contributed by atoms with Crippen LogP contribution in [0, 0.1) is 5.92 Å². The topological polar surface area (TPSA) is 26.0 Å². The highest BCUT2D eigenvalue weighted by Crippen LogP contribution is 2.43. The summed E-state index contributed by atoms with van der Waals surface area (Å²) in [6.07, 6.45) is 2.33. The Morgan fingerprint density at radius 3 is 2.16 bits per heavy atom. The van der Waals surface area contributed by atoms with Crippen molar-refractivity contribution in [3.05, 3.63) is 60.2 Å². The molecule has 0 amide bonds. The molecule has 2 N–H and O–H groups in total. The van der Waals surface area contributed by atoms with Gasteiger partial charge in [-0.2, -0.15) is 0 Å². The lowest BCUT2D eigenvalue weighted by molar-refractivity contribution is 0.198. The molecular formula is C18H21N. The quantitative estimate of drug-likeness (QED) is 0.869. The van der Waals surface area contributed by atoms with E-state index < -0.39 is 0 Å². The molecule has 3 unspecified atom stereocenters. The van der Waals surface area contributed by atoms with Crippen LogP contribution in [0.15, 0.2) is 54.6 Å². The molecule has 0 saturated heterocycles. The summed E-state index contributed by atoms with van der Waals surface area (Å²) in [5.74, 6) is 1.34. The van der Waals surface area contributed by atoms with Crippen LogP contribution in [0.25, 0.3) is 11.1 Å². The molecule has 1 nitrogen and oxygen atoms in total. The smallest absolute Gasteiger partial charge is 0.00788 e. The van der Waals surface area contributed by atoms with Gasteiger partial charge in [-0.05, 0) is 34.9 Å². The molecule has 0 bridgehead atoms. The summed E-state index contributed by atoms with van der Waals surface area (Å²) in [6.45, 7) is 2.25. The largest absolute Gasteiger partial charge is 0.327 e. The highest BCUT2D eigenvalue weighted by atomic mass is 14.7. The van der Waals surface area contributed by atoms with Crippen molar-refractivity contribution >= 4 is 0 Å². The van der Waals surface area contributed by atoms with E-state index in [0.29, 0.717) is 17.9 Å². The van der Waals surface area contributed by atoms with E-state index in [1.54, 1.807) is 0 Å². The molecule has 2 aromatic carbocycles. The van der Waals surface area contributed by atoms with Crippen molar-refractivity contribution < 1.29 is 0 Å². The second-order valence-electron chi connectivity index (χ2n) is 5.57. The highest BCUT2D eigenvalue weighted by Gasteiger charge is 2.37. The minimum atomic E-state index is 0.406. The summed E-state index contributed by atoms with van der Waals surface area (Å²) >= 11 is 0. The van der Waals surface area contributed by atoms with Crippen molar-refractivity contribution in [2.45, 2.75) is 31.7 Å². The third-order valence-corrected chi connectivity index (χ3v) is 4.51. The van der Waals surface area contributed by atoms with Gasteiger partial charge in [-0.25, -0.2) is 0 Å². The first-order valence-corrected chi connectivity index (χ1v) is 7.20. The molecule has 98 valence electrons. The van der Waals surface area contributed by atoms with E-state index in [1.807, 2.05) is 0 Å². The number of hydrogen-bond acceptors (Lipinski definition) is 1. The van der Waals surface area contributed by atoms with Crippen LogP contribution in [0.5, 0.6) is 0 Å². The Labute approximate surface area is 115 Å². The Hall–Kier alpha value is -1.60. The van der Waals surface area contributed by atoms with Gasteiger partial charge < -0.3 is 5.73 Å². The lowest BCUT2D eigenvalue weighted by Gasteiger charge is -2.42. The summed E-state index contributed by atoms with van der Waals surface area (Å²) in [5.41, 5.74) is 10.1. The number of benzene rings is 2. The minimum absolute atomic E-state index is 0.406. The van der Waals surface area contributed by atoms with Crippen LogP contribution in [0.1, 0.15) is 31.2 Å². The Bertz CT molecular complexity index is 529. The molecule has 0 aliphatic heterocycles. The molecule has 1 aliphatic rings. The van der Waals surface area contributed by atoms with Gasteiger partial charge in [0.15, 0.2) is 0 Å². The molecule has 1 saturated carbocycles. The fourth-order valence-corrected chi connectivity index (χ4v) is 3.27. The first-order valence-electron chi connectivity index (χ1n) is 7.20. The van der Waals surface area contributed by atoms with Crippen LogP contribution in [0.4, 0.5) is 0 Å². The second-order valence-corrected chi connectivity index (χ2v) is 5.57. The molecule has 0 radical (unpaired) electrons. The lowest BCUT2D eigenvalue weighted by Crippen LogP contribution is -2.45. The monoisotopic (exact) mass is 251 g/mol. The molecule has 0 spiro atoms. The predicted molar refractivity (Wildman–Crippen MR) is 81.0 cm³/mol. The zero-order valence-corrected chi connectivity index (χ0v) is 11.4. The second kappa shape index (κ2) is 5.18. The van der Waals surface area contributed by atoms with Crippen LogP contribution >= 0.6 is 0 Å². The third-order valence-electron chi connectivity index (χ3n) is 4.51. The fraction of sp³-hybridized carbons (Fsp3) is 0.333. The Morgan fingerprint density at radius 2 is 1.58 bits per heavy atom. The van der Waals surface area contributed by atoms with Gasteiger partial charge in [-0.1, -0.05) is 67.9 Å². The summed E-state index contributed by atoms with van der Waals surface area (Å²) < 4.78 is 0. The van der Waals surface area contributed by atoms with Crippen LogP contribution in [-0.4, -0.2) is 6.04 Å². The van der Waals surface area contributed by atoms with E-state index in [1.165, 1.54) is 23.1 Å². The molecular weight excluding hydrogens is 230 g/mol. The van der Waals surface area contributed by atoms with Gasteiger partial charge >= 0.3 is 0 Å². The van der Waals surface area contributed by atoms with Crippen molar-refractivity contribution in [3.63, 3.8) is 0 Å². The van der Waals surface area contributed by atoms with Crippen molar-refractivity contribution in [1.29, 1.82) is 0 Å². The van der Waals surface area contributed by atoms with Crippen LogP contribution in [-0.2, 0) is 0 Å². The van der Waals surface area contributed by atoms with E-state index in [4.69, 9.17) is 5.73 Å². The molecule has 0 aromatic heterocycles. The van der Waals surface area contributed by atoms with Crippen LogP contribution < -0.4 is 5.73 Å². The average molecular weight is 251 g/mol. The van der Waals surface area contributed by atoms with Crippen molar-refractivity contribution in [1.82, 2.24) is 0 Å². The van der Waals surface area contributed by atoms with Gasteiger partial charge in [0.1, 0.15) is 0 Å². The maximum Gasteiger partial charge on any atom is 0.00788 e. The minimum Gasteiger partial charge on any atom is -0.327 e. The van der Waals surface area contributed by atoms with E-state index in [0.717, 1.165) is 6.42 Å². The number of hydrogen-bond donors (Lipinski definition) is 1. The van der Waals surface area contributed by atoms with E-state index in [9.17, 15) is 0 Å². The van der Waals surface area contributed by atoms with Gasteiger partial charge in [0.05, 0.1) is 0 Å². The van der Waals surface area contributed by atoms with E-state index in [-0.39, 0.29) is 0 Å². The van der Waals surface area contributed by atoms with Gasteiger partial charge in [-0.3, -0.25) is 0 Å².